The normalized spacial score (nSPS) is 11.2. The number of carbonyl (C=O) groups excluding carboxylic acids is 1. The topological polar surface area (TPSA) is 64.3 Å². The second-order valence-corrected chi connectivity index (χ2v) is 4.94. The molecule has 0 aliphatic heterocycles. The quantitative estimate of drug-likeness (QED) is 0.826. The van der Waals surface area contributed by atoms with Gasteiger partial charge in [0.1, 0.15) is 5.82 Å². The molecule has 0 aliphatic rings. The summed E-state index contributed by atoms with van der Waals surface area (Å²) in [6, 6.07) is 3.01. The van der Waals surface area contributed by atoms with E-state index in [1.807, 2.05) is 0 Å². The van der Waals surface area contributed by atoms with E-state index in [9.17, 15) is 13.6 Å². The molecule has 19 heavy (non-hydrogen) atoms. The van der Waals surface area contributed by atoms with Crippen LogP contribution in [0.1, 0.15) is 20.3 Å². The van der Waals surface area contributed by atoms with Crippen LogP contribution in [0.3, 0.4) is 0 Å². The number of rotatable bonds is 6. The van der Waals surface area contributed by atoms with Gasteiger partial charge >= 0.3 is 0 Å². The zero-order chi connectivity index (χ0) is 14.5. The van der Waals surface area contributed by atoms with Gasteiger partial charge in [0.2, 0.25) is 5.91 Å². The van der Waals surface area contributed by atoms with Crippen molar-refractivity contribution in [1.29, 1.82) is 0 Å². The molecule has 0 saturated heterocycles. The lowest BCUT2D eigenvalue weighted by molar-refractivity contribution is -0.121. The van der Waals surface area contributed by atoms with Crippen LogP contribution in [0.5, 0.6) is 5.75 Å². The van der Waals surface area contributed by atoms with Gasteiger partial charge in [0.25, 0.3) is 0 Å². The predicted octanol–water partition coefficient (Wildman–Crippen LogP) is 1.59. The van der Waals surface area contributed by atoms with Gasteiger partial charge in [-0.25, -0.2) is 8.78 Å². The van der Waals surface area contributed by atoms with Crippen LogP contribution >= 0.6 is 0 Å². The Morgan fingerprint density at radius 2 is 2.11 bits per heavy atom. The Balaban J connectivity index is 2.32. The number of halogens is 2. The van der Waals surface area contributed by atoms with Crippen LogP contribution in [0.2, 0.25) is 0 Å². The molecule has 0 aromatic heterocycles. The molecule has 0 heterocycles. The summed E-state index contributed by atoms with van der Waals surface area (Å²) in [4.78, 5) is 11.4. The van der Waals surface area contributed by atoms with Crippen LogP contribution in [0.25, 0.3) is 0 Å². The first-order valence-electron chi connectivity index (χ1n) is 5.91. The average Bonchev–Trinajstić information content (AvgIpc) is 2.28. The Hall–Kier alpha value is -1.69. The number of hydrogen-bond donors (Lipinski definition) is 2. The Kier molecular flexibility index (Phi) is 5.23. The van der Waals surface area contributed by atoms with Crippen molar-refractivity contribution in [2.24, 2.45) is 5.73 Å². The van der Waals surface area contributed by atoms with E-state index in [2.05, 4.69) is 5.32 Å². The van der Waals surface area contributed by atoms with Gasteiger partial charge in [-0.3, -0.25) is 4.79 Å². The lowest BCUT2D eigenvalue weighted by atomic mass is 10.1. The number of benzene rings is 1. The van der Waals surface area contributed by atoms with Crippen LogP contribution < -0.4 is 15.8 Å². The summed E-state index contributed by atoms with van der Waals surface area (Å²) in [5.74, 6) is -1.77. The fraction of sp³-hybridized carbons (Fsp3) is 0.462. The highest BCUT2D eigenvalue weighted by Gasteiger charge is 2.12. The van der Waals surface area contributed by atoms with Gasteiger partial charge < -0.3 is 15.8 Å². The first kappa shape index (κ1) is 15.4. The molecule has 106 valence electrons. The minimum absolute atomic E-state index is 0.0133. The summed E-state index contributed by atoms with van der Waals surface area (Å²) in [5.41, 5.74) is 5.22. The smallest absolute Gasteiger partial charge is 0.223 e. The SMILES string of the molecule is CC(C)(N)CNC(=O)CCOc1ccc(F)cc1F. The summed E-state index contributed by atoms with van der Waals surface area (Å²) in [6.07, 6.45) is 0.0763. The zero-order valence-electron chi connectivity index (χ0n) is 11.0. The van der Waals surface area contributed by atoms with E-state index < -0.39 is 17.2 Å². The first-order chi connectivity index (χ1) is 8.78. The number of nitrogens with one attached hydrogen (secondary N) is 1. The van der Waals surface area contributed by atoms with E-state index >= 15 is 0 Å². The molecular formula is C13H18F2N2O2. The largest absolute Gasteiger partial charge is 0.490 e. The Labute approximate surface area is 110 Å². The number of amides is 1. The first-order valence-corrected chi connectivity index (χ1v) is 5.91. The van der Waals surface area contributed by atoms with Crippen molar-refractivity contribution in [3.05, 3.63) is 29.8 Å². The van der Waals surface area contributed by atoms with Gasteiger partial charge in [-0.05, 0) is 26.0 Å². The van der Waals surface area contributed by atoms with Crippen molar-refractivity contribution in [2.75, 3.05) is 13.2 Å². The number of nitrogens with two attached hydrogens (primary N) is 1. The molecule has 0 unspecified atom stereocenters. The van der Waals surface area contributed by atoms with Crippen molar-refractivity contribution >= 4 is 5.91 Å². The monoisotopic (exact) mass is 272 g/mol. The third kappa shape index (κ3) is 6.15. The lowest BCUT2D eigenvalue weighted by Crippen LogP contribution is -2.45. The summed E-state index contributed by atoms with van der Waals surface area (Å²) in [7, 11) is 0. The van der Waals surface area contributed by atoms with Gasteiger partial charge in [-0.2, -0.15) is 0 Å². The standard InChI is InChI=1S/C13H18F2N2O2/c1-13(2,16)8-17-12(18)5-6-19-11-4-3-9(14)7-10(11)15/h3-4,7H,5-6,8,16H2,1-2H3,(H,17,18). The van der Waals surface area contributed by atoms with Crippen molar-refractivity contribution in [3.8, 4) is 5.75 Å². The van der Waals surface area contributed by atoms with Gasteiger partial charge in [0.15, 0.2) is 11.6 Å². The highest BCUT2D eigenvalue weighted by atomic mass is 19.1. The predicted molar refractivity (Wildman–Crippen MR) is 67.7 cm³/mol. The number of ether oxygens (including phenoxy) is 1. The van der Waals surface area contributed by atoms with Crippen LogP contribution in [0.15, 0.2) is 18.2 Å². The van der Waals surface area contributed by atoms with Crippen molar-refractivity contribution in [1.82, 2.24) is 5.32 Å². The Bertz CT molecular complexity index is 445. The second-order valence-electron chi connectivity index (χ2n) is 4.94. The molecular weight excluding hydrogens is 254 g/mol. The molecule has 6 heteroatoms. The highest BCUT2D eigenvalue weighted by molar-refractivity contribution is 5.76. The maximum atomic E-state index is 13.2. The van der Waals surface area contributed by atoms with E-state index in [0.717, 1.165) is 12.1 Å². The van der Waals surface area contributed by atoms with Gasteiger partial charge in [0.05, 0.1) is 13.0 Å². The molecule has 1 rings (SSSR count). The van der Waals surface area contributed by atoms with Gasteiger partial charge in [-0.15, -0.1) is 0 Å². The molecule has 4 nitrogen and oxygen atoms in total. The molecule has 0 spiro atoms. The molecule has 0 fully saturated rings. The molecule has 0 saturated carbocycles. The van der Waals surface area contributed by atoms with Crippen LogP contribution in [0, 0.1) is 11.6 Å². The molecule has 0 bridgehead atoms. The van der Waals surface area contributed by atoms with Crippen LogP contribution in [-0.4, -0.2) is 24.6 Å². The van der Waals surface area contributed by atoms with Gasteiger partial charge in [0, 0.05) is 18.2 Å². The van der Waals surface area contributed by atoms with Gasteiger partial charge in [-0.1, -0.05) is 0 Å². The Morgan fingerprint density at radius 1 is 1.42 bits per heavy atom. The average molecular weight is 272 g/mol. The second kappa shape index (κ2) is 6.47. The fourth-order valence-corrected chi connectivity index (χ4v) is 1.26. The van der Waals surface area contributed by atoms with Crippen LogP contribution in [-0.2, 0) is 4.79 Å². The number of carbonyl (C=O) groups is 1. The molecule has 0 atom stereocenters. The molecule has 0 aliphatic carbocycles. The fourth-order valence-electron chi connectivity index (χ4n) is 1.26. The maximum Gasteiger partial charge on any atom is 0.223 e. The third-order valence-electron chi connectivity index (χ3n) is 2.22. The third-order valence-corrected chi connectivity index (χ3v) is 2.22. The molecule has 1 aromatic carbocycles. The molecule has 1 amide bonds. The minimum Gasteiger partial charge on any atom is -0.490 e. The molecule has 0 radical (unpaired) electrons. The number of hydrogen-bond acceptors (Lipinski definition) is 3. The molecule has 3 N–H and O–H groups in total. The van der Waals surface area contributed by atoms with Crippen molar-refractivity contribution in [3.63, 3.8) is 0 Å². The van der Waals surface area contributed by atoms with E-state index in [0.29, 0.717) is 6.54 Å². The van der Waals surface area contributed by atoms with Crippen molar-refractivity contribution < 1.29 is 18.3 Å². The summed E-state index contributed by atoms with van der Waals surface area (Å²) < 4.78 is 30.9. The van der Waals surface area contributed by atoms with E-state index in [-0.39, 0.29) is 24.7 Å². The van der Waals surface area contributed by atoms with E-state index in [1.54, 1.807) is 13.8 Å². The summed E-state index contributed by atoms with van der Waals surface area (Å²) in [6.45, 7) is 3.94. The Morgan fingerprint density at radius 3 is 2.68 bits per heavy atom. The minimum atomic E-state index is -0.788. The maximum absolute atomic E-state index is 13.2. The van der Waals surface area contributed by atoms with Crippen molar-refractivity contribution in [2.45, 2.75) is 25.8 Å². The zero-order valence-corrected chi connectivity index (χ0v) is 11.0. The van der Waals surface area contributed by atoms with E-state index in [4.69, 9.17) is 10.5 Å². The summed E-state index contributed by atoms with van der Waals surface area (Å²) in [5, 5.41) is 2.63. The molecule has 1 aromatic rings. The van der Waals surface area contributed by atoms with Crippen LogP contribution in [0.4, 0.5) is 8.78 Å². The lowest BCUT2D eigenvalue weighted by Gasteiger charge is -2.18. The van der Waals surface area contributed by atoms with E-state index in [1.165, 1.54) is 6.07 Å². The highest BCUT2D eigenvalue weighted by Crippen LogP contribution is 2.17. The summed E-state index contributed by atoms with van der Waals surface area (Å²) >= 11 is 0.